The van der Waals surface area contributed by atoms with E-state index in [0.29, 0.717) is 29.8 Å². The van der Waals surface area contributed by atoms with Crippen LogP contribution in [0.2, 0.25) is 0 Å². The van der Waals surface area contributed by atoms with E-state index in [2.05, 4.69) is 15.1 Å². The lowest BCUT2D eigenvalue weighted by Gasteiger charge is -2.33. The van der Waals surface area contributed by atoms with Crippen LogP contribution >= 0.6 is 0 Å². The maximum absolute atomic E-state index is 11.5. The Morgan fingerprint density at radius 1 is 1.28 bits per heavy atom. The summed E-state index contributed by atoms with van der Waals surface area (Å²) in [6.45, 7) is 0. The van der Waals surface area contributed by atoms with Crippen molar-refractivity contribution in [3.63, 3.8) is 0 Å². The minimum atomic E-state index is -0.195. The van der Waals surface area contributed by atoms with Gasteiger partial charge in [-0.25, -0.2) is 4.98 Å². The van der Waals surface area contributed by atoms with Gasteiger partial charge in [-0.3, -0.25) is 19.3 Å². The molecule has 7 nitrogen and oxygen atoms in total. The molecule has 25 heavy (non-hydrogen) atoms. The van der Waals surface area contributed by atoms with Crippen LogP contribution in [0.5, 0.6) is 0 Å². The highest BCUT2D eigenvalue weighted by Crippen LogP contribution is 2.39. The molecule has 2 heterocycles. The minimum Gasteiger partial charge on any atom is -0.469 e. The SMILES string of the molecule is COC(=O)C1CC(n2cc(-c3cnc4ccccc4n3)c(C=O)n2)C1. The molecule has 2 aromatic heterocycles. The van der Waals surface area contributed by atoms with Crippen molar-refractivity contribution in [2.24, 2.45) is 5.92 Å². The number of para-hydroxylation sites is 2. The number of ether oxygens (including phenoxy) is 1. The number of benzene rings is 1. The smallest absolute Gasteiger partial charge is 0.308 e. The Bertz CT molecular complexity index is 960. The van der Waals surface area contributed by atoms with Crippen molar-refractivity contribution in [3.8, 4) is 11.3 Å². The Labute approximate surface area is 143 Å². The van der Waals surface area contributed by atoms with Gasteiger partial charge in [0.15, 0.2) is 6.29 Å². The summed E-state index contributed by atoms with van der Waals surface area (Å²) in [6.07, 6.45) is 5.50. The van der Waals surface area contributed by atoms with Crippen LogP contribution in [0, 0.1) is 5.92 Å². The zero-order valence-corrected chi connectivity index (χ0v) is 13.6. The number of rotatable bonds is 4. The summed E-state index contributed by atoms with van der Waals surface area (Å²) in [7, 11) is 1.39. The van der Waals surface area contributed by atoms with E-state index in [1.54, 1.807) is 17.1 Å². The second kappa shape index (κ2) is 6.08. The lowest BCUT2D eigenvalue weighted by atomic mass is 9.80. The lowest BCUT2D eigenvalue weighted by Crippen LogP contribution is -2.33. The topological polar surface area (TPSA) is 87.0 Å². The van der Waals surface area contributed by atoms with Crippen molar-refractivity contribution in [2.75, 3.05) is 7.11 Å². The van der Waals surface area contributed by atoms with Crippen LogP contribution in [0.1, 0.15) is 29.4 Å². The molecular weight excluding hydrogens is 320 g/mol. The Balaban J connectivity index is 1.65. The molecule has 0 unspecified atom stereocenters. The van der Waals surface area contributed by atoms with E-state index in [1.807, 2.05) is 24.3 Å². The molecule has 0 radical (unpaired) electrons. The molecule has 0 saturated heterocycles. The molecule has 1 fully saturated rings. The highest BCUT2D eigenvalue weighted by Gasteiger charge is 2.37. The number of hydrogen-bond donors (Lipinski definition) is 0. The van der Waals surface area contributed by atoms with Gasteiger partial charge in [0, 0.05) is 6.20 Å². The standard InChI is InChI=1S/C18H16N4O3/c1-25-18(24)11-6-12(7-11)22-9-13(17(10-23)21-22)16-8-19-14-4-2-3-5-15(14)20-16/h2-5,8-12H,6-7H2,1H3. The van der Waals surface area contributed by atoms with Crippen molar-refractivity contribution in [1.82, 2.24) is 19.7 Å². The van der Waals surface area contributed by atoms with Crippen LogP contribution < -0.4 is 0 Å². The summed E-state index contributed by atoms with van der Waals surface area (Å²) in [6, 6.07) is 7.65. The quantitative estimate of drug-likeness (QED) is 0.537. The van der Waals surface area contributed by atoms with Gasteiger partial charge in [0.25, 0.3) is 0 Å². The highest BCUT2D eigenvalue weighted by atomic mass is 16.5. The maximum atomic E-state index is 11.5. The minimum absolute atomic E-state index is 0.0879. The van der Waals surface area contributed by atoms with E-state index in [4.69, 9.17) is 4.74 Å². The third-order valence-electron chi connectivity index (χ3n) is 4.62. The van der Waals surface area contributed by atoms with E-state index < -0.39 is 0 Å². The van der Waals surface area contributed by atoms with Gasteiger partial charge in [-0.2, -0.15) is 5.10 Å². The van der Waals surface area contributed by atoms with E-state index in [0.717, 1.165) is 17.3 Å². The number of aromatic nitrogens is 4. The van der Waals surface area contributed by atoms with Crippen LogP contribution in [0.15, 0.2) is 36.7 Å². The summed E-state index contributed by atoms with van der Waals surface area (Å²) in [5.74, 6) is -0.289. The number of carbonyl (C=O) groups excluding carboxylic acids is 2. The first-order valence-electron chi connectivity index (χ1n) is 8.04. The number of carbonyl (C=O) groups is 2. The first-order valence-corrected chi connectivity index (χ1v) is 8.04. The van der Waals surface area contributed by atoms with Gasteiger partial charge in [-0.15, -0.1) is 0 Å². The largest absolute Gasteiger partial charge is 0.469 e. The molecule has 7 heteroatoms. The molecule has 0 bridgehead atoms. The molecule has 1 aliphatic rings. The fourth-order valence-corrected chi connectivity index (χ4v) is 3.13. The molecule has 1 aliphatic carbocycles. The Morgan fingerprint density at radius 3 is 2.76 bits per heavy atom. The van der Waals surface area contributed by atoms with Crippen molar-refractivity contribution >= 4 is 23.3 Å². The molecule has 4 rings (SSSR count). The molecule has 3 aromatic rings. The second-order valence-corrected chi connectivity index (χ2v) is 6.12. The maximum Gasteiger partial charge on any atom is 0.308 e. The molecule has 0 aliphatic heterocycles. The van der Waals surface area contributed by atoms with E-state index in [9.17, 15) is 9.59 Å². The molecular formula is C18H16N4O3. The van der Waals surface area contributed by atoms with Crippen LogP contribution in [0.4, 0.5) is 0 Å². The van der Waals surface area contributed by atoms with Crippen molar-refractivity contribution < 1.29 is 14.3 Å². The summed E-state index contributed by atoms with van der Waals surface area (Å²) in [5, 5.41) is 4.36. The third kappa shape index (κ3) is 2.67. The van der Waals surface area contributed by atoms with E-state index in [1.165, 1.54) is 7.11 Å². The number of fused-ring (bicyclic) bond motifs is 1. The normalized spacial score (nSPS) is 19.4. The van der Waals surface area contributed by atoms with Gasteiger partial charge in [-0.1, -0.05) is 12.1 Å². The van der Waals surface area contributed by atoms with Gasteiger partial charge >= 0.3 is 5.97 Å². The second-order valence-electron chi connectivity index (χ2n) is 6.12. The summed E-state index contributed by atoms with van der Waals surface area (Å²) < 4.78 is 6.50. The molecule has 0 amide bonds. The van der Waals surface area contributed by atoms with Crippen molar-refractivity contribution in [2.45, 2.75) is 18.9 Å². The molecule has 0 spiro atoms. The van der Waals surface area contributed by atoms with Crippen LogP contribution in [0.25, 0.3) is 22.3 Å². The van der Waals surface area contributed by atoms with Gasteiger partial charge in [-0.05, 0) is 25.0 Å². The first kappa shape index (κ1) is 15.4. The number of nitrogens with zero attached hydrogens (tertiary/aromatic N) is 4. The molecule has 1 saturated carbocycles. The Kier molecular flexibility index (Phi) is 3.76. The zero-order valence-electron chi connectivity index (χ0n) is 13.6. The number of aldehydes is 1. The van der Waals surface area contributed by atoms with Crippen molar-refractivity contribution in [1.29, 1.82) is 0 Å². The average Bonchev–Trinajstić information content (AvgIpc) is 3.03. The van der Waals surface area contributed by atoms with Gasteiger partial charge in [0.2, 0.25) is 0 Å². The Hall–Kier alpha value is -3.09. The summed E-state index contributed by atoms with van der Waals surface area (Å²) in [5.41, 5.74) is 3.14. The van der Waals surface area contributed by atoms with Crippen molar-refractivity contribution in [3.05, 3.63) is 42.4 Å². The van der Waals surface area contributed by atoms with Gasteiger partial charge in [0.05, 0.1) is 47.6 Å². The fraction of sp³-hybridized carbons (Fsp3) is 0.278. The fourth-order valence-electron chi connectivity index (χ4n) is 3.13. The third-order valence-corrected chi connectivity index (χ3v) is 4.62. The first-order chi connectivity index (χ1) is 12.2. The molecule has 126 valence electrons. The lowest BCUT2D eigenvalue weighted by molar-refractivity contribution is -0.149. The number of methoxy groups -OCH3 is 1. The van der Waals surface area contributed by atoms with E-state index in [-0.39, 0.29) is 17.9 Å². The summed E-state index contributed by atoms with van der Waals surface area (Å²) in [4.78, 5) is 31.9. The molecule has 0 atom stereocenters. The monoisotopic (exact) mass is 336 g/mol. The van der Waals surface area contributed by atoms with E-state index >= 15 is 0 Å². The molecule has 0 N–H and O–H groups in total. The van der Waals surface area contributed by atoms with Crippen LogP contribution in [0.3, 0.4) is 0 Å². The van der Waals surface area contributed by atoms with Crippen LogP contribution in [-0.2, 0) is 9.53 Å². The predicted octanol–water partition coefficient (Wildman–Crippen LogP) is 2.43. The van der Waals surface area contributed by atoms with Crippen LogP contribution in [-0.4, -0.2) is 39.1 Å². The Morgan fingerprint density at radius 2 is 2.04 bits per heavy atom. The number of hydrogen-bond acceptors (Lipinski definition) is 6. The predicted molar refractivity (Wildman–Crippen MR) is 89.9 cm³/mol. The molecule has 1 aromatic carbocycles. The highest BCUT2D eigenvalue weighted by molar-refractivity contribution is 5.85. The average molecular weight is 336 g/mol. The zero-order chi connectivity index (χ0) is 17.4. The summed E-state index contributed by atoms with van der Waals surface area (Å²) >= 11 is 0. The van der Waals surface area contributed by atoms with Gasteiger partial charge in [0.1, 0.15) is 5.69 Å². The number of esters is 1. The van der Waals surface area contributed by atoms with Gasteiger partial charge < -0.3 is 4.74 Å².